The van der Waals surface area contributed by atoms with Crippen molar-refractivity contribution in [3.05, 3.63) is 23.8 Å². The van der Waals surface area contributed by atoms with Crippen LogP contribution >= 0.6 is 0 Å². The zero-order valence-electron chi connectivity index (χ0n) is 11.8. The molecular formula is C14H21N3O2. The minimum absolute atomic E-state index is 0.152. The maximum atomic E-state index is 11.9. The number of amides is 2. The third kappa shape index (κ3) is 4.37. The molecular weight excluding hydrogens is 242 g/mol. The van der Waals surface area contributed by atoms with Gasteiger partial charge in [-0.1, -0.05) is 13.0 Å². The zero-order chi connectivity index (χ0) is 14.6. The second kappa shape index (κ2) is 5.84. The van der Waals surface area contributed by atoms with Crippen molar-refractivity contribution in [3.8, 4) is 0 Å². The molecule has 0 aliphatic heterocycles. The summed E-state index contributed by atoms with van der Waals surface area (Å²) in [5.74, 6) is -0.414. The number of carbonyl (C=O) groups excluding carboxylic acids is 2. The lowest BCUT2D eigenvalue weighted by molar-refractivity contribution is -0.120. The molecule has 104 valence electrons. The Balaban J connectivity index is 3.02. The Bertz CT molecular complexity index is 490. The number of hydrogen-bond acceptors (Lipinski definition) is 3. The summed E-state index contributed by atoms with van der Waals surface area (Å²) in [7, 11) is 0. The van der Waals surface area contributed by atoms with Crippen molar-refractivity contribution >= 4 is 23.2 Å². The number of rotatable bonds is 4. The Morgan fingerprint density at radius 3 is 2.37 bits per heavy atom. The second-order valence-electron chi connectivity index (χ2n) is 5.08. The summed E-state index contributed by atoms with van der Waals surface area (Å²) in [4.78, 5) is 23.0. The number of hydrogen-bond donors (Lipinski definition) is 3. The van der Waals surface area contributed by atoms with Gasteiger partial charge in [0.15, 0.2) is 0 Å². The highest BCUT2D eigenvalue weighted by Gasteiger charge is 2.22. The van der Waals surface area contributed by atoms with E-state index < -0.39 is 5.54 Å². The van der Waals surface area contributed by atoms with Gasteiger partial charge in [0, 0.05) is 18.3 Å². The van der Waals surface area contributed by atoms with E-state index in [4.69, 9.17) is 5.73 Å². The SMILES string of the molecule is CCc1ccc(NC(C)=O)cc1NC(=O)C(C)(C)N. The molecule has 4 N–H and O–H groups in total. The monoisotopic (exact) mass is 263 g/mol. The van der Waals surface area contributed by atoms with Gasteiger partial charge in [-0.15, -0.1) is 0 Å². The molecule has 5 nitrogen and oxygen atoms in total. The molecule has 0 unspecified atom stereocenters. The molecule has 0 saturated heterocycles. The van der Waals surface area contributed by atoms with Crippen molar-refractivity contribution in [2.24, 2.45) is 5.73 Å². The minimum atomic E-state index is -0.949. The van der Waals surface area contributed by atoms with E-state index in [1.165, 1.54) is 6.92 Å². The lowest BCUT2D eigenvalue weighted by Gasteiger charge is -2.20. The van der Waals surface area contributed by atoms with Gasteiger partial charge in [-0.2, -0.15) is 0 Å². The summed E-state index contributed by atoms with van der Waals surface area (Å²) in [6.45, 7) is 6.73. The lowest BCUT2D eigenvalue weighted by atomic mass is 10.0. The van der Waals surface area contributed by atoms with Crippen LogP contribution in [0.3, 0.4) is 0 Å². The number of nitrogens with one attached hydrogen (secondary N) is 2. The highest BCUT2D eigenvalue weighted by molar-refractivity contribution is 5.99. The second-order valence-corrected chi connectivity index (χ2v) is 5.08. The fraction of sp³-hybridized carbons (Fsp3) is 0.429. The number of carbonyl (C=O) groups is 2. The van der Waals surface area contributed by atoms with Crippen molar-refractivity contribution < 1.29 is 9.59 Å². The molecule has 0 fully saturated rings. The van der Waals surface area contributed by atoms with Crippen LogP contribution in [-0.2, 0) is 16.0 Å². The molecule has 0 radical (unpaired) electrons. The molecule has 2 amide bonds. The molecule has 1 rings (SSSR count). The van der Waals surface area contributed by atoms with Crippen molar-refractivity contribution in [3.63, 3.8) is 0 Å². The Kier molecular flexibility index (Phi) is 4.67. The summed E-state index contributed by atoms with van der Waals surface area (Å²) in [6.07, 6.45) is 0.779. The number of anilines is 2. The third-order valence-corrected chi connectivity index (χ3v) is 2.64. The Hall–Kier alpha value is -1.88. The van der Waals surface area contributed by atoms with Gasteiger partial charge in [-0.3, -0.25) is 9.59 Å². The van der Waals surface area contributed by atoms with Crippen molar-refractivity contribution in [1.82, 2.24) is 0 Å². The van der Waals surface area contributed by atoms with Gasteiger partial charge in [0.1, 0.15) is 0 Å². The number of aryl methyl sites for hydroxylation is 1. The lowest BCUT2D eigenvalue weighted by Crippen LogP contribution is -2.45. The molecule has 0 aliphatic rings. The van der Waals surface area contributed by atoms with Gasteiger partial charge in [-0.05, 0) is 38.0 Å². The first kappa shape index (κ1) is 15.2. The van der Waals surface area contributed by atoms with Crippen molar-refractivity contribution in [2.75, 3.05) is 10.6 Å². The summed E-state index contributed by atoms with van der Waals surface area (Å²) < 4.78 is 0. The molecule has 0 atom stereocenters. The first-order valence-electron chi connectivity index (χ1n) is 6.25. The quantitative estimate of drug-likeness (QED) is 0.775. The Morgan fingerprint density at radius 1 is 1.26 bits per heavy atom. The average Bonchev–Trinajstić information content (AvgIpc) is 2.27. The maximum absolute atomic E-state index is 11.9. The predicted octanol–water partition coefficient (Wildman–Crippen LogP) is 1.88. The van der Waals surface area contributed by atoms with Gasteiger partial charge in [0.25, 0.3) is 0 Å². The topological polar surface area (TPSA) is 84.2 Å². The summed E-state index contributed by atoms with van der Waals surface area (Å²) in [5.41, 5.74) is 7.12. The maximum Gasteiger partial charge on any atom is 0.243 e. The van der Waals surface area contributed by atoms with E-state index in [9.17, 15) is 9.59 Å². The van der Waals surface area contributed by atoms with Crippen LogP contribution in [0, 0.1) is 0 Å². The predicted molar refractivity (Wildman–Crippen MR) is 77.0 cm³/mol. The average molecular weight is 263 g/mol. The number of nitrogens with two attached hydrogens (primary N) is 1. The first-order chi connectivity index (χ1) is 8.74. The Labute approximate surface area is 113 Å². The molecule has 19 heavy (non-hydrogen) atoms. The van der Waals surface area contributed by atoms with Gasteiger partial charge < -0.3 is 16.4 Å². The minimum Gasteiger partial charge on any atom is -0.326 e. The van der Waals surface area contributed by atoms with Gasteiger partial charge in [-0.25, -0.2) is 0 Å². The van der Waals surface area contributed by atoms with Crippen molar-refractivity contribution in [2.45, 2.75) is 39.7 Å². The molecule has 0 bridgehead atoms. The molecule has 0 heterocycles. The standard InChI is InChI=1S/C14H21N3O2/c1-5-10-6-7-11(16-9(2)18)8-12(10)17-13(19)14(3,4)15/h6-8H,5,15H2,1-4H3,(H,16,18)(H,17,19). The summed E-state index contributed by atoms with van der Waals surface area (Å²) >= 11 is 0. The van der Waals surface area contributed by atoms with Gasteiger partial charge in [0.2, 0.25) is 11.8 Å². The van der Waals surface area contributed by atoms with E-state index in [2.05, 4.69) is 10.6 Å². The van der Waals surface area contributed by atoms with Crippen LogP contribution in [0.5, 0.6) is 0 Å². The van der Waals surface area contributed by atoms with Crippen LogP contribution in [0.25, 0.3) is 0 Å². The van der Waals surface area contributed by atoms with E-state index >= 15 is 0 Å². The van der Waals surface area contributed by atoms with E-state index in [0.717, 1.165) is 12.0 Å². The van der Waals surface area contributed by atoms with E-state index in [1.54, 1.807) is 19.9 Å². The molecule has 0 spiro atoms. The van der Waals surface area contributed by atoms with Crippen LogP contribution in [0.15, 0.2) is 18.2 Å². The smallest absolute Gasteiger partial charge is 0.243 e. The van der Waals surface area contributed by atoms with Crippen LogP contribution in [0.2, 0.25) is 0 Å². The van der Waals surface area contributed by atoms with Crippen molar-refractivity contribution in [1.29, 1.82) is 0 Å². The fourth-order valence-electron chi connectivity index (χ4n) is 1.57. The molecule has 0 aromatic heterocycles. The van der Waals surface area contributed by atoms with Gasteiger partial charge >= 0.3 is 0 Å². The van der Waals surface area contributed by atoms with Crippen LogP contribution < -0.4 is 16.4 Å². The highest BCUT2D eigenvalue weighted by Crippen LogP contribution is 2.22. The molecule has 0 saturated carbocycles. The normalized spacial score (nSPS) is 11.0. The zero-order valence-corrected chi connectivity index (χ0v) is 11.8. The first-order valence-corrected chi connectivity index (χ1v) is 6.25. The largest absolute Gasteiger partial charge is 0.326 e. The van der Waals surface area contributed by atoms with Gasteiger partial charge in [0.05, 0.1) is 5.54 Å². The fourth-order valence-corrected chi connectivity index (χ4v) is 1.57. The number of benzene rings is 1. The summed E-state index contributed by atoms with van der Waals surface area (Å²) in [5, 5.41) is 5.49. The van der Waals surface area contributed by atoms with Crippen LogP contribution in [0.1, 0.15) is 33.3 Å². The molecule has 0 aliphatic carbocycles. The summed E-state index contributed by atoms with van der Waals surface area (Å²) in [6, 6.07) is 5.43. The molecule has 1 aromatic carbocycles. The van der Waals surface area contributed by atoms with E-state index in [0.29, 0.717) is 11.4 Å². The Morgan fingerprint density at radius 2 is 1.89 bits per heavy atom. The van der Waals surface area contributed by atoms with E-state index in [-0.39, 0.29) is 11.8 Å². The third-order valence-electron chi connectivity index (χ3n) is 2.64. The molecule has 1 aromatic rings. The molecule has 5 heteroatoms. The van der Waals surface area contributed by atoms with Crippen LogP contribution in [0.4, 0.5) is 11.4 Å². The van der Waals surface area contributed by atoms with E-state index in [1.807, 2.05) is 19.1 Å². The highest BCUT2D eigenvalue weighted by atomic mass is 16.2. The van der Waals surface area contributed by atoms with Crippen LogP contribution in [-0.4, -0.2) is 17.4 Å².